The van der Waals surface area contributed by atoms with Crippen molar-refractivity contribution in [1.82, 2.24) is 9.97 Å². The maximum Gasteiger partial charge on any atom is 0.438 e. The van der Waals surface area contributed by atoms with E-state index >= 15 is 0 Å². The lowest BCUT2D eigenvalue weighted by atomic mass is 10.0. The maximum atomic E-state index is 13.7. The quantitative estimate of drug-likeness (QED) is 0.660. The van der Waals surface area contributed by atoms with Gasteiger partial charge in [-0.25, -0.2) is 4.98 Å². The van der Waals surface area contributed by atoms with Crippen LogP contribution in [0.15, 0.2) is 59.1 Å². The van der Waals surface area contributed by atoms with Gasteiger partial charge in [0.05, 0.1) is 17.8 Å². The Morgan fingerprint density at radius 1 is 1.11 bits per heavy atom. The Bertz CT molecular complexity index is 1020. The van der Waals surface area contributed by atoms with Gasteiger partial charge in [0, 0.05) is 16.6 Å². The van der Waals surface area contributed by atoms with E-state index in [0.29, 0.717) is 27.0 Å². The van der Waals surface area contributed by atoms with Crippen molar-refractivity contribution in [3.63, 3.8) is 0 Å². The molecular formula is C18H12ClF3N4OS. The van der Waals surface area contributed by atoms with E-state index in [0.717, 1.165) is 11.3 Å². The van der Waals surface area contributed by atoms with Gasteiger partial charge < -0.3 is 5.11 Å². The third-order valence-electron chi connectivity index (χ3n) is 4.22. The molecule has 0 spiro atoms. The monoisotopic (exact) mass is 424 g/mol. The van der Waals surface area contributed by atoms with Crippen molar-refractivity contribution in [1.29, 1.82) is 0 Å². The van der Waals surface area contributed by atoms with Gasteiger partial charge in [-0.1, -0.05) is 29.8 Å². The van der Waals surface area contributed by atoms with Gasteiger partial charge in [0.1, 0.15) is 5.69 Å². The van der Waals surface area contributed by atoms with Crippen molar-refractivity contribution < 1.29 is 18.3 Å². The Hall–Kier alpha value is -2.49. The molecule has 0 fully saturated rings. The minimum absolute atomic E-state index is 0.0792. The normalized spacial score (nSPS) is 19.8. The van der Waals surface area contributed by atoms with Gasteiger partial charge in [0.25, 0.3) is 5.72 Å². The molecule has 1 atom stereocenters. The topological polar surface area (TPSA) is 61.6 Å². The maximum absolute atomic E-state index is 13.7. The van der Waals surface area contributed by atoms with Crippen LogP contribution in [0.4, 0.5) is 18.3 Å². The first-order valence-electron chi connectivity index (χ1n) is 8.08. The van der Waals surface area contributed by atoms with E-state index in [1.165, 1.54) is 0 Å². The molecular weight excluding hydrogens is 413 g/mol. The lowest BCUT2D eigenvalue weighted by Crippen LogP contribution is -2.55. The highest BCUT2D eigenvalue weighted by atomic mass is 35.5. The molecule has 10 heteroatoms. The second-order valence-electron chi connectivity index (χ2n) is 6.09. The molecule has 28 heavy (non-hydrogen) atoms. The summed E-state index contributed by atoms with van der Waals surface area (Å²) in [6.45, 7) is 0. The molecule has 0 saturated carbocycles. The largest absolute Gasteiger partial charge is 0.438 e. The van der Waals surface area contributed by atoms with E-state index in [1.54, 1.807) is 54.0 Å². The smallest absolute Gasteiger partial charge is 0.362 e. The SMILES string of the molecule is OC1(C(F)(F)F)CC(c2ccc(Cl)cc2)=NN1c1nc(-c2ccccn2)cs1. The Morgan fingerprint density at radius 2 is 1.86 bits per heavy atom. The summed E-state index contributed by atoms with van der Waals surface area (Å²) in [5.41, 5.74) is -1.75. The van der Waals surface area contributed by atoms with Crippen LogP contribution < -0.4 is 5.01 Å². The first kappa shape index (κ1) is 18.9. The molecule has 1 N–H and O–H groups in total. The van der Waals surface area contributed by atoms with Gasteiger partial charge in [-0.05, 0) is 29.8 Å². The summed E-state index contributed by atoms with van der Waals surface area (Å²) in [5.74, 6) is 0. The first-order chi connectivity index (χ1) is 13.3. The molecule has 144 valence electrons. The van der Waals surface area contributed by atoms with Gasteiger partial charge >= 0.3 is 6.18 Å². The molecule has 0 bridgehead atoms. The van der Waals surface area contributed by atoms with Crippen LogP contribution in [0.1, 0.15) is 12.0 Å². The number of nitrogens with zero attached hydrogens (tertiary/aromatic N) is 4. The van der Waals surface area contributed by atoms with Gasteiger partial charge in [0.15, 0.2) is 0 Å². The third kappa shape index (κ3) is 3.25. The minimum Gasteiger partial charge on any atom is -0.362 e. The molecule has 3 aromatic rings. The summed E-state index contributed by atoms with van der Waals surface area (Å²) >= 11 is 6.78. The van der Waals surface area contributed by atoms with Crippen LogP contribution in [-0.2, 0) is 0 Å². The van der Waals surface area contributed by atoms with E-state index in [2.05, 4.69) is 15.1 Å². The average Bonchev–Trinajstić information content (AvgIpc) is 3.28. The molecule has 0 radical (unpaired) electrons. The lowest BCUT2D eigenvalue weighted by molar-refractivity contribution is -0.254. The highest BCUT2D eigenvalue weighted by Crippen LogP contribution is 2.45. The summed E-state index contributed by atoms with van der Waals surface area (Å²) in [6.07, 6.45) is -4.11. The standard InChI is InChI=1S/C18H12ClF3N4OS/c19-12-6-4-11(5-7-12)14-9-17(27,18(20,21)22)26(25-14)16-24-15(10-28-16)13-3-1-2-8-23-13/h1-8,10,27H,9H2. The Balaban J connectivity index is 1.75. The number of benzene rings is 1. The van der Waals surface area contributed by atoms with Crippen LogP contribution in [0.25, 0.3) is 11.4 Å². The third-order valence-corrected chi connectivity index (χ3v) is 5.29. The molecule has 3 heterocycles. The number of pyridine rings is 1. The van der Waals surface area contributed by atoms with E-state index in [4.69, 9.17) is 11.6 Å². The summed E-state index contributed by atoms with van der Waals surface area (Å²) in [7, 11) is 0. The number of halogens is 4. The zero-order chi connectivity index (χ0) is 19.9. The number of alkyl halides is 3. The van der Waals surface area contributed by atoms with Gasteiger partial charge in [-0.15, -0.1) is 11.3 Å². The van der Waals surface area contributed by atoms with Gasteiger partial charge in [-0.2, -0.15) is 23.3 Å². The van der Waals surface area contributed by atoms with E-state index in [-0.39, 0.29) is 10.8 Å². The highest BCUT2D eigenvalue weighted by molar-refractivity contribution is 7.14. The summed E-state index contributed by atoms with van der Waals surface area (Å²) < 4.78 is 41.2. The molecule has 5 nitrogen and oxygen atoms in total. The van der Waals surface area contributed by atoms with Crippen molar-refractivity contribution >= 4 is 33.8 Å². The lowest BCUT2D eigenvalue weighted by Gasteiger charge is -2.32. The molecule has 1 unspecified atom stereocenters. The molecule has 4 rings (SSSR count). The van der Waals surface area contributed by atoms with Crippen LogP contribution in [0.3, 0.4) is 0 Å². The number of aromatic nitrogens is 2. The summed E-state index contributed by atoms with van der Waals surface area (Å²) in [5, 5.41) is 17.0. The number of hydrazone groups is 1. The predicted octanol–water partition coefficient (Wildman–Crippen LogP) is 4.72. The van der Waals surface area contributed by atoms with Crippen molar-refractivity contribution in [2.45, 2.75) is 18.3 Å². The predicted molar refractivity (Wildman–Crippen MR) is 101 cm³/mol. The van der Waals surface area contributed by atoms with Gasteiger partial charge in [-0.3, -0.25) is 4.98 Å². The Kier molecular flexibility index (Phi) is 4.60. The first-order valence-corrected chi connectivity index (χ1v) is 9.33. The molecule has 1 aliphatic rings. The number of rotatable bonds is 3. The van der Waals surface area contributed by atoms with Crippen LogP contribution in [0, 0.1) is 0 Å². The second kappa shape index (κ2) is 6.84. The highest BCUT2D eigenvalue weighted by Gasteiger charge is 2.62. The molecule has 1 aromatic carbocycles. The van der Waals surface area contributed by atoms with Crippen LogP contribution in [0.2, 0.25) is 5.02 Å². The second-order valence-corrected chi connectivity index (χ2v) is 7.36. The van der Waals surface area contributed by atoms with E-state index in [1.807, 2.05) is 0 Å². The van der Waals surface area contributed by atoms with Crippen molar-refractivity contribution in [2.75, 3.05) is 5.01 Å². The number of anilines is 1. The van der Waals surface area contributed by atoms with Gasteiger partial charge in [0.2, 0.25) is 5.13 Å². The molecule has 2 aromatic heterocycles. The van der Waals surface area contributed by atoms with E-state index in [9.17, 15) is 18.3 Å². The van der Waals surface area contributed by atoms with Crippen LogP contribution in [-0.4, -0.2) is 32.7 Å². The average molecular weight is 425 g/mol. The number of aliphatic hydroxyl groups is 1. The zero-order valence-corrected chi connectivity index (χ0v) is 15.6. The van der Waals surface area contributed by atoms with Crippen LogP contribution in [0.5, 0.6) is 0 Å². The fourth-order valence-corrected chi connectivity index (χ4v) is 3.72. The minimum atomic E-state index is -4.94. The Morgan fingerprint density at radius 3 is 2.50 bits per heavy atom. The van der Waals surface area contributed by atoms with E-state index < -0.39 is 18.3 Å². The summed E-state index contributed by atoms with van der Waals surface area (Å²) in [6, 6.07) is 11.4. The van der Waals surface area contributed by atoms with Crippen molar-refractivity contribution in [3.8, 4) is 11.4 Å². The molecule has 0 saturated heterocycles. The fraction of sp³-hybridized carbons (Fsp3) is 0.167. The van der Waals surface area contributed by atoms with Crippen molar-refractivity contribution in [2.24, 2.45) is 5.10 Å². The summed E-state index contributed by atoms with van der Waals surface area (Å²) in [4.78, 5) is 8.34. The number of hydrogen-bond acceptors (Lipinski definition) is 6. The zero-order valence-electron chi connectivity index (χ0n) is 14.1. The molecule has 1 aliphatic heterocycles. The van der Waals surface area contributed by atoms with Crippen LogP contribution >= 0.6 is 22.9 Å². The fourth-order valence-electron chi connectivity index (χ4n) is 2.76. The van der Waals surface area contributed by atoms with Crippen molar-refractivity contribution in [3.05, 3.63) is 64.6 Å². The molecule has 0 aliphatic carbocycles. The number of thiazole rings is 1. The Labute approximate surface area is 166 Å². The molecule has 0 amide bonds. The number of hydrogen-bond donors (Lipinski definition) is 1.